The lowest BCUT2D eigenvalue weighted by Gasteiger charge is -2.03. The molecule has 0 saturated heterocycles. The number of carboxylic acid groups (broad SMARTS) is 1. The zero-order valence-electron chi connectivity index (χ0n) is 13.9. The minimum atomic E-state index is -4.13. The highest BCUT2D eigenvalue weighted by Gasteiger charge is 2.12. The van der Waals surface area contributed by atoms with Gasteiger partial charge in [-0.15, -0.1) is 0 Å². The quantitative estimate of drug-likeness (QED) is 0.207. The smallest absolute Gasteiger partial charge is 0.320 e. The van der Waals surface area contributed by atoms with Crippen molar-refractivity contribution in [3.63, 3.8) is 0 Å². The Morgan fingerprint density at radius 2 is 1.73 bits per heavy atom. The maximum atomic E-state index is 11.0. The van der Waals surface area contributed by atoms with Crippen molar-refractivity contribution in [2.75, 3.05) is 6.54 Å². The van der Waals surface area contributed by atoms with Crippen molar-refractivity contribution in [2.45, 2.75) is 23.8 Å². The van der Waals surface area contributed by atoms with E-state index in [2.05, 4.69) is 4.99 Å². The molecule has 8 N–H and O–H groups in total. The van der Waals surface area contributed by atoms with Gasteiger partial charge in [0.2, 0.25) is 0 Å². The lowest BCUT2D eigenvalue weighted by atomic mass is 10.1. The second-order valence-corrected chi connectivity index (χ2v) is 6.74. The maximum Gasteiger partial charge on any atom is 0.320 e. The van der Waals surface area contributed by atoms with Crippen LogP contribution in [0.1, 0.15) is 12.8 Å². The number of benzene rings is 2. The SMILES string of the molecule is NC(N)=NCCCC(N)C(=O)O.O=S(=O)(O)c1cccc2ccccc12. The van der Waals surface area contributed by atoms with Crippen molar-refractivity contribution < 1.29 is 22.9 Å². The van der Waals surface area contributed by atoms with Crippen LogP contribution in [-0.2, 0) is 14.9 Å². The summed E-state index contributed by atoms with van der Waals surface area (Å²) in [6, 6.07) is 11.0. The Kier molecular flexibility index (Phi) is 7.97. The van der Waals surface area contributed by atoms with Gasteiger partial charge in [0.05, 0.1) is 0 Å². The van der Waals surface area contributed by atoms with Crippen LogP contribution in [0.4, 0.5) is 0 Å². The number of fused-ring (bicyclic) bond motifs is 1. The molecule has 2 rings (SSSR count). The lowest BCUT2D eigenvalue weighted by molar-refractivity contribution is -0.138. The lowest BCUT2D eigenvalue weighted by Crippen LogP contribution is -2.30. The number of carbonyl (C=O) groups is 1. The van der Waals surface area contributed by atoms with Gasteiger partial charge in [0.25, 0.3) is 10.1 Å². The van der Waals surface area contributed by atoms with Crippen molar-refractivity contribution in [1.82, 2.24) is 0 Å². The molecule has 0 aliphatic carbocycles. The third kappa shape index (κ3) is 7.05. The number of guanidine groups is 1. The Morgan fingerprint density at radius 3 is 2.31 bits per heavy atom. The molecule has 1 unspecified atom stereocenters. The van der Waals surface area contributed by atoms with Crippen molar-refractivity contribution in [1.29, 1.82) is 0 Å². The molecule has 1 atom stereocenters. The van der Waals surface area contributed by atoms with Crippen LogP contribution in [0.3, 0.4) is 0 Å². The van der Waals surface area contributed by atoms with E-state index in [4.69, 9.17) is 26.9 Å². The highest BCUT2D eigenvalue weighted by Crippen LogP contribution is 2.21. The van der Waals surface area contributed by atoms with Crippen molar-refractivity contribution in [2.24, 2.45) is 22.2 Å². The summed E-state index contributed by atoms with van der Waals surface area (Å²) in [5.41, 5.74) is 15.3. The molecule has 142 valence electrons. The summed E-state index contributed by atoms with van der Waals surface area (Å²) in [6.45, 7) is 0.420. The molecule has 2 aromatic rings. The van der Waals surface area contributed by atoms with Gasteiger partial charge < -0.3 is 22.3 Å². The van der Waals surface area contributed by atoms with Gasteiger partial charge in [-0.05, 0) is 24.3 Å². The number of hydrogen-bond acceptors (Lipinski definition) is 5. The van der Waals surface area contributed by atoms with Crippen LogP contribution in [0.15, 0.2) is 52.4 Å². The van der Waals surface area contributed by atoms with Crippen LogP contribution in [-0.4, -0.2) is 42.6 Å². The van der Waals surface area contributed by atoms with Crippen LogP contribution in [0, 0.1) is 0 Å². The second-order valence-electron chi connectivity index (χ2n) is 5.35. The summed E-state index contributed by atoms with van der Waals surface area (Å²) in [5, 5.41) is 9.71. The number of aliphatic imine (C=N–C) groups is 1. The van der Waals surface area contributed by atoms with E-state index in [1.54, 1.807) is 30.3 Å². The summed E-state index contributed by atoms with van der Waals surface area (Å²) in [7, 11) is -4.13. The molecule has 0 aliphatic rings. The van der Waals surface area contributed by atoms with Crippen molar-refractivity contribution in [3.8, 4) is 0 Å². The Labute approximate surface area is 151 Å². The Balaban J connectivity index is 0.000000265. The molecule has 0 heterocycles. The topological polar surface area (TPSA) is 182 Å². The van der Waals surface area contributed by atoms with Gasteiger partial charge in [-0.3, -0.25) is 14.3 Å². The predicted molar refractivity (Wildman–Crippen MR) is 99.3 cm³/mol. The van der Waals surface area contributed by atoms with Gasteiger partial charge in [-0.2, -0.15) is 8.42 Å². The standard InChI is InChI=1S/C10H8O3S.C6H14N4O2/c11-14(12,13)10-7-3-5-8-4-1-2-6-9(8)10;7-4(5(11)12)2-1-3-10-6(8)9/h1-7H,(H,11,12,13);4H,1-3,7H2,(H,11,12)(H4,8,9,10). The van der Waals surface area contributed by atoms with Gasteiger partial charge in [0.1, 0.15) is 10.9 Å². The summed E-state index contributed by atoms with van der Waals surface area (Å²) < 4.78 is 31.0. The monoisotopic (exact) mass is 382 g/mol. The van der Waals surface area contributed by atoms with Crippen LogP contribution < -0.4 is 17.2 Å². The van der Waals surface area contributed by atoms with Crippen LogP contribution >= 0.6 is 0 Å². The summed E-state index contributed by atoms with van der Waals surface area (Å²) in [5.74, 6) is -0.987. The largest absolute Gasteiger partial charge is 0.480 e. The molecule has 0 radical (unpaired) electrons. The number of nitrogens with zero attached hydrogens (tertiary/aromatic N) is 1. The fourth-order valence-electron chi connectivity index (χ4n) is 2.06. The Hall–Kier alpha value is -2.69. The molecule has 0 bridgehead atoms. The number of rotatable bonds is 6. The molecular weight excluding hydrogens is 360 g/mol. The van der Waals surface area contributed by atoms with E-state index >= 15 is 0 Å². The van der Waals surface area contributed by atoms with E-state index in [9.17, 15) is 13.2 Å². The van der Waals surface area contributed by atoms with E-state index in [-0.39, 0.29) is 10.9 Å². The summed E-state index contributed by atoms with van der Waals surface area (Å²) in [6.07, 6.45) is 0.956. The fraction of sp³-hybridized carbons (Fsp3) is 0.250. The zero-order valence-corrected chi connectivity index (χ0v) is 14.8. The first kappa shape index (κ1) is 21.4. The van der Waals surface area contributed by atoms with E-state index in [1.165, 1.54) is 6.07 Å². The van der Waals surface area contributed by atoms with E-state index in [0.717, 1.165) is 5.39 Å². The Morgan fingerprint density at radius 1 is 1.12 bits per heavy atom. The molecule has 0 aliphatic heterocycles. The van der Waals surface area contributed by atoms with Gasteiger partial charge in [0.15, 0.2) is 5.96 Å². The number of hydrogen-bond donors (Lipinski definition) is 5. The summed E-state index contributed by atoms with van der Waals surface area (Å²) in [4.78, 5) is 13.9. The number of carboxylic acids is 1. The van der Waals surface area contributed by atoms with Gasteiger partial charge in [0, 0.05) is 11.9 Å². The molecular formula is C16H22N4O5S. The first-order valence-electron chi connectivity index (χ1n) is 7.62. The van der Waals surface area contributed by atoms with Crippen LogP contribution in [0.2, 0.25) is 0 Å². The molecule has 2 aromatic carbocycles. The maximum absolute atomic E-state index is 11.0. The molecule has 0 aromatic heterocycles. The van der Waals surface area contributed by atoms with Gasteiger partial charge in [-0.1, -0.05) is 36.4 Å². The molecule has 0 fully saturated rings. The van der Waals surface area contributed by atoms with Crippen LogP contribution in [0.25, 0.3) is 10.8 Å². The second kappa shape index (κ2) is 9.70. The van der Waals surface area contributed by atoms with Crippen molar-refractivity contribution >= 4 is 32.8 Å². The zero-order chi connectivity index (χ0) is 19.7. The predicted octanol–water partition coefficient (Wildman–Crippen LogP) is 0.538. The number of aliphatic carboxylic acids is 1. The first-order chi connectivity index (χ1) is 12.1. The highest BCUT2D eigenvalue weighted by atomic mass is 32.2. The average Bonchev–Trinajstić information content (AvgIpc) is 2.57. The number of nitrogens with two attached hydrogens (primary N) is 3. The van der Waals surface area contributed by atoms with E-state index < -0.39 is 22.1 Å². The third-order valence-electron chi connectivity index (χ3n) is 3.31. The van der Waals surface area contributed by atoms with Gasteiger partial charge >= 0.3 is 5.97 Å². The van der Waals surface area contributed by atoms with E-state index in [0.29, 0.717) is 24.8 Å². The molecule has 0 spiro atoms. The molecule has 26 heavy (non-hydrogen) atoms. The molecule has 10 heteroatoms. The summed E-state index contributed by atoms with van der Waals surface area (Å²) >= 11 is 0. The molecule has 9 nitrogen and oxygen atoms in total. The van der Waals surface area contributed by atoms with Gasteiger partial charge in [-0.25, -0.2) is 0 Å². The molecule has 0 saturated carbocycles. The first-order valence-corrected chi connectivity index (χ1v) is 9.06. The fourth-order valence-corrected chi connectivity index (χ4v) is 2.78. The normalized spacial score (nSPS) is 11.9. The Bertz CT molecular complexity index is 874. The highest BCUT2D eigenvalue weighted by molar-refractivity contribution is 7.86. The van der Waals surface area contributed by atoms with E-state index in [1.807, 2.05) is 6.07 Å². The third-order valence-corrected chi connectivity index (χ3v) is 4.22. The van der Waals surface area contributed by atoms with Crippen LogP contribution in [0.5, 0.6) is 0 Å². The van der Waals surface area contributed by atoms with Crippen molar-refractivity contribution in [3.05, 3.63) is 42.5 Å². The minimum Gasteiger partial charge on any atom is -0.480 e. The average molecular weight is 382 g/mol. The molecule has 0 amide bonds. The minimum absolute atomic E-state index is 0.0129.